The summed E-state index contributed by atoms with van der Waals surface area (Å²) in [7, 11) is 0. The molecule has 5 atom stereocenters. The maximum atomic E-state index is 13.9. The van der Waals surface area contributed by atoms with Crippen molar-refractivity contribution < 1.29 is 28.6 Å². The second-order valence-electron chi connectivity index (χ2n) is 10.6. The third-order valence-electron chi connectivity index (χ3n) is 8.20. The molecule has 1 aliphatic carbocycles. The van der Waals surface area contributed by atoms with E-state index in [0.29, 0.717) is 38.5 Å². The van der Waals surface area contributed by atoms with Crippen molar-refractivity contribution >= 4 is 23.4 Å². The number of rotatable bonds is 11. The summed E-state index contributed by atoms with van der Waals surface area (Å²) < 4.78 is 17.4. The zero-order valence-electron chi connectivity index (χ0n) is 22.3. The molecule has 1 saturated carbocycles. The molecule has 2 N–H and O–H groups in total. The lowest BCUT2D eigenvalue weighted by atomic mass is 9.74. The van der Waals surface area contributed by atoms with E-state index in [0.717, 1.165) is 31.4 Å². The highest BCUT2D eigenvalue weighted by Crippen LogP contribution is 2.55. The Bertz CT molecular complexity index is 1050. The van der Waals surface area contributed by atoms with Gasteiger partial charge in [-0.2, -0.15) is 0 Å². The molecule has 4 aliphatic rings. The molecule has 3 fully saturated rings. The van der Waals surface area contributed by atoms with E-state index in [1.165, 1.54) is 6.42 Å². The monoisotopic (exact) mass is 525 g/mol. The summed E-state index contributed by atoms with van der Waals surface area (Å²) in [6.07, 6.45) is 9.00. The molecule has 1 aromatic carbocycles. The average molecular weight is 526 g/mol. The summed E-state index contributed by atoms with van der Waals surface area (Å²) in [5, 5.41) is 6.17. The van der Waals surface area contributed by atoms with Gasteiger partial charge < -0.3 is 29.7 Å². The third-order valence-corrected chi connectivity index (χ3v) is 8.20. The Morgan fingerprint density at radius 2 is 1.84 bits per heavy atom. The fraction of sp³-hybridized carbons (Fsp3) is 0.621. The van der Waals surface area contributed by atoms with E-state index in [-0.39, 0.29) is 23.8 Å². The summed E-state index contributed by atoms with van der Waals surface area (Å²) in [5.41, 5.74) is -0.530. The zero-order chi connectivity index (χ0) is 26.7. The molecule has 9 nitrogen and oxygen atoms in total. The lowest BCUT2D eigenvalue weighted by Crippen LogP contribution is -2.56. The van der Waals surface area contributed by atoms with Crippen LogP contribution in [0.1, 0.15) is 52.4 Å². The first-order valence-electron chi connectivity index (χ1n) is 14.1. The minimum absolute atomic E-state index is 0.105. The summed E-state index contributed by atoms with van der Waals surface area (Å²) in [6.45, 7) is 5.85. The highest BCUT2D eigenvalue weighted by molar-refractivity contribution is 6.02. The quantitative estimate of drug-likeness (QED) is 0.340. The maximum Gasteiger partial charge on any atom is 0.246 e. The normalized spacial score (nSPS) is 29.9. The van der Waals surface area contributed by atoms with Crippen LogP contribution >= 0.6 is 0 Å². The van der Waals surface area contributed by atoms with Crippen molar-refractivity contribution in [1.29, 1.82) is 0 Å². The average Bonchev–Trinajstić information content (AvgIpc) is 3.56. The number of benzene rings is 1. The maximum absolute atomic E-state index is 13.9. The van der Waals surface area contributed by atoms with Crippen molar-refractivity contribution in [1.82, 2.24) is 10.2 Å². The Morgan fingerprint density at radius 3 is 2.55 bits per heavy atom. The molecular weight excluding hydrogens is 486 g/mol. The molecule has 1 spiro atoms. The van der Waals surface area contributed by atoms with Crippen molar-refractivity contribution in [2.24, 2.45) is 11.8 Å². The summed E-state index contributed by atoms with van der Waals surface area (Å²) in [6, 6.07) is 6.44. The second kappa shape index (κ2) is 11.5. The summed E-state index contributed by atoms with van der Waals surface area (Å²) >= 11 is 0. The van der Waals surface area contributed by atoms with Crippen molar-refractivity contribution in [2.75, 3.05) is 31.7 Å². The Kier molecular flexibility index (Phi) is 8.04. The SMILES string of the molecule is CCOCCCN1C(=O)[C@H]2[C@H](C(=O)Nc3ccc(OCC)cc3)[C@H]3C=C[C@@]2(O3)[C@@H]1C(=O)NC1CCCCC1. The van der Waals surface area contributed by atoms with Gasteiger partial charge in [-0.25, -0.2) is 0 Å². The van der Waals surface area contributed by atoms with Crippen LogP contribution in [0.4, 0.5) is 5.69 Å². The number of ether oxygens (including phenoxy) is 3. The number of carbonyl (C=O) groups excluding carboxylic acids is 3. The molecule has 9 heteroatoms. The molecule has 0 aromatic heterocycles. The molecule has 206 valence electrons. The second-order valence-corrected chi connectivity index (χ2v) is 10.6. The van der Waals surface area contributed by atoms with E-state index in [4.69, 9.17) is 14.2 Å². The molecule has 38 heavy (non-hydrogen) atoms. The minimum atomic E-state index is -1.15. The topological polar surface area (TPSA) is 106 Å². The number of likely N-dealkylation sites (tertiary alicyclic amines) is 1. The molecule has 0 radical (unpaired) electrons. The Morgan fingerprint density at radius 1 is 1.08 bits per heavy atom. The van der Waals surface area contributed by atoms with Gasteiger partial charge in [-0.1, -0.05) is 31.4 Å². The molecule has 2 saturated heterocycles. The van der Waals surface area contributed by atoms with Gasteiger partial charge in [0.2, 0.25) is 17.7 Å². The van der Waals surface area contributed by atoms with Crippen molar-refractivity contribution in [3.05, 3.63) is 36.4 Å². The van der Waals surface area contributed by atoms with Gasteiger partial charge >= 0.3 is 0 Å². The lowest BCUT2D eigenvalue weighted by Gasteiger charge is -2.34. The van der Waals surface area contributed by atoms with Gasteiger partial charge in [0, 0.05) is 31.5 Å². The van der Waals surface area contributed by atoms with Gasteiger partial charge in [0.25, 0.3) is 0 Å². The number of hydrogen-bond donors (Lipinski definition) is 2. The molecule has 0 unspecified atom stereocenters. The van der Waals surface area contributed by atoms with Crippen LogP contribution in [0.3, 0.4) is 0 Å². The fourth-order valence-corrected chi connectivity index (χ4v) is 6.54. The standard InChI is InChI=1S/C29H39N3O6/c1-3-36-18-8-17-32-25(27(34)31-19-9-6-5-7-10-19)29-16-15-22(38-29)23(24(29)28(32)35)26(33)30-20-11-13-21(14-12-20)37-4-2/h11-16,19,22-25H,3-10,17-18H2,1-2H3,(H,30,33)(H,31,34)/t22-,23-,24-,25+,29+/m1/s1. The number of nitrogens with one attached hydrogen (secondary N) is 2. The highest BCUT2D eigenvalue weighted by atomic mass is 16.5. The Balaban J connectivity index is 1.37. The molecule has 3 heterocycles. The Labute approximate surface area is 224 Å². The van der Waals surface area contributed by atoms with E-state index in [2.05, 4.69) is 10.6 Å². The van der Waals surface area contributed by atoms with Crippen LogP contribution in [0.5, 0.6) is 5.75 Å². The minimum Gasteiger partial charge on any atom is -0.494 e. The molecule has 2 bridgehead atoms. The van der Waals surface area contributed by atoms with Crippen molar-refractivity contribution in [3.63, 3.8) is 0 Å². The number of anilines is 1. The van der Waals surface area contributed by atoms with E-state index in [1.807, 2.05) is 26.0 Å². The molecule has 3 amide bonds. The smallest absolute Gasteiger partial charge is 0.246 e. The molecular formula is C29H39N3O6. The highest BCUT2D eigenvalue weighted by Gasteiger charge is 2.72. The first-order valence-corrected chi connectivity index (χ1v) is 14.1. The molecule has 1 aromatic rings. The van der Waals surface area contributed by atoms with E-state index in [1.54, 1.807) is 29.2 Å². The number of carbonyl (C=O) groups is 3. The van der Waals surface area contributed by atoms with Crippen LogP contribution in [-0.2, 0) is 23.9 Å². The van der Waals surface area contributed by atoms with Crippen LogP contribution in [-0.4, -0.2) is 72.8 Å². The predicted octanol–water partition coefficient (Wildman–Crippen LogP) is 3.05. The van der Waals surface area contributed by atoms with Crippen molar-refractivity contribution in [2.45, 2.75) is 76.2 Å². The van der Waals surface area contributed by atoms with Gasteiger partial charge in [0.15, 0.2) is 0 Å². The van der Waals surface area contributed by atoms with Crippen LogP contribution in [0.15, 0.2) is 36.4 Å². The number of amides is 3. The number of fused-ring (bicyclic) bond motifs is 1. The first kappa shape index (κ1) is 26.7. The van der Waals surface area contributed by atoms with Gasteiger partial charge in [0.1, 0.15) is 17.4 Å². The van der Waals surface area contributed by atoms with Crippen molar-refractivity contribution in [3.8, 4) is 5.75 Å². The van der Waals surface area contributed by atoms with Crippen LogP contribution in [0.25, 0.3) is 0 Å². The van der Waals surface area contributed by atoms with E-state index >= 15 is 0 Å². The third kappa shape index (κ3) is 4.94. The largest absolute Gasteiger partial charge is 0.494 e. The first-order chi connectivity index (χ1) is 18.5. The lowest BCUT2D eigenvalue weighted by molar-refractivity contribution is -0.141. The van der Waals surface area contributed by atoms with Crippen LogP contribution in [0.2, 0.25) is 0 Å². The summed E-state index contributed by atoms with van der Waals surface area (Å²) in [4.78, 5) is 42.9. The van der Waals surface area contributed by atoms with Crippen LogP contribution < -0.4 is 15.4 Å². The van der Waals surface area contributed by atoms with Gasteiger partial charge in [-0.15, -0.1) is 0 Å². The van der Waals surface area contributed by atoms with Gasteiger partial charge in [0.05, 0.1) is 24.5 Å². The number of hydrogen-bond acceptors (Lipinski definition) is 6. The fourth-order valence-electron chi connectivity index (χ4n) is 6.54. The van der Waals surface area contributed by atoms with Crippen LogP contribution in [0, 0.1) is 11.8 Å². The number of nitrogens with zero attached hydrogens (tertiary/aromatic N) is 1. The predicted molar refractivity (Wildman–Crippen MR) is 142 cm³/mol. The van der Waals surface area contributed by atoms with Gasteiger partial charge in [-0.05, 0) is 57.4 Å². The molecule has 5 rings (SSSR count). The van der Waals surface area contributed by atoms with Gasteiger partial charge in [-0.3, -0.25) is 14.4 Å². The van der Waals surface area contributed by atoms with E-state index < -0.39 is 29.6 Å². The Hall–Kier alpha value is -2.91. The molecule has 3 aliphatic heterocycles. The zero-order valence-corrected chi connectivity index (χ0v) is 22.3. The summed E-state index contributed by atoms with van der Waals surface area (Å²) in [5.74, 6) is -1.44. The van der Waals surface area contributed by atoms with E-state index in [9.17, 15) is 14.4 Å².